The molecule has 0 spiro atoms. The molecule has 18 heavy (non-hydrogen) atoms. The number of rotatable bonds is 2. The van der Waals surface area contributed by atoms with E-state index >= 15 is 0 Å². The largest absolute Gasteiger partial charge is 0.477 e. The second-order valence-corrected chi connectivity index (χ2v) is 5.71. The number of carboxylic acid groups (broad SMARTS) is 1. The molecule has 1 heterocycles. The van der Waals surface area contributed by atoms with Gasteiger partial charge in [-0.15, -0.1) is 0 Å². The number of fused-ring (bicyclic) bond motifs is 1. The van der Waals surface area contributed by atoms with Gasteiger partial charge in [0.2, 0.25) is 0 Å². The highest BCUT2D eigenvalue weighted by atomic mass is 127. The fraction of sp³-hybridized carbons (Fsp3) is 0.231. The predicted molar refractivity (Wildman–Crippen MR) is 76.2 cm³/mol. The lowest BCUT2D eigenvalue weighted by molar-refractivity contribution is 0.0684. The van der Waals surface area contributed by atoms with E-state index in [4.69, 9.17) is 0 Å². The van der Waals surface area contributed by atoms with Crippen molar-refractivity contribution in [3.63, 3.8) is 0 Å². The Kier molecular flexibility index (Phi) is 2.65. The second kappa shape index (κ2) is 4.08. The van der Waals surface area contributed by atoms with Gasteiger partial charge < -0.3 is 9.67 Å². The van der Waals surface area contributed by atoms with Crippen molar-refractivity contribution in [3.05, 3.63) is 43.8 Å². The SMILES string of the molecule is O=C(O)c1cc(=O)c2cc(I)ccc2n1C1CC1. The molecular formula is C13H10INO3. The Hall–Kier alpha value is -1.37. The maximum atomic E-state index is 12.0. The lowest BCUT2D eigenvalue weighted by Gasteiger charge is -2.13. The van der Waals surface area contributed by atoms with Gasteiger partial charge in [0.15, 0.2) is 5.43 Å². The normalized spacial score (nSPS) is 14.9. The predicted octanol–water partition coefficient (Wildman–Crippen LogP) is 2.64. The number of pyridine rings is 1. The van der Waals surface area contributed by atoms with Crippen LogP contribution in [0.25, 0.3) is 10.9 Å². The van der Waals surface area contributed by atoms with Crippen LogP contribution in [0.15, 0.2) is 29.1 Å². The molecule has 1 aromatic heterocycles. The zero-order chi connectivity index (χ0) is 12.9. The molecule has 1 saturated carbocycles. The average Bonchev–Trinajstić information content (AvgIpc) is 3.13. The molecule has 0 bridgehead atoms. The minimum atomic E-state index is -1.04. The number of aromatic carboxylic acids is 1. The molecule has 0 saturated heterocycles. The quantitative estimate of drug-likeness (QED) is 0.843. The Labute approximate surface area is 116 Å². The van der Waals surface area contributed by atoms with E-state index in [0.29, 0.717) is 5.39 Å². The average molecular weight is 355 g/mol. The Morgan fingerprint density at radius 3 is 2.67 bits per heavy atom. The molecule has 2 aromatic rings. The van der Waals surface area contributed by atoms with Crippen LogP contribution in [0.1, 0.15) is 29.4 Å². The fourth-order valence-corrected chi connectivity index (χ4v) is 2.70. The van der Waals surface area contributed by atoms with Crippen molar-refractivity contribution in [2.24, 2.45) is 0 Å². The standard InChI is InChI=1S/C13H10INO3/c14-7-1-4-10-9(5-7)12(16)6-11(13(17)18)15(10)8-2-3-8/h1,4-6,8H,2-3H2,(H,17,18). The van der Waals surface area contributed by atoms with Gasteiger partial charge in [-0.3, -0.25) is 4.79 Å². The summed E-state index contributed by atoms with van der Waals surface area (Å²) in [6, 6.07) is 7.00. The van der Waals surface area contributed by atoms with Gasteiger partial charge in [-0.2, -0.15) is 0 Å². The third-order valence-electron chi connectivity index (χ3n) is 3.14. The van der Waals surface area contributed by atoms with Crippen molar-refractivity contribution in [3.8, 4) is 0 Å². The van der Waals surface area contributed by atoms with Gasteiger partial charge in [-0.25, -0.2) is 4.79 Å². The summed E-state index contributed by atoms with van der Waals surface area (Å²) in [7, 11) is 0. The van der Waals surface area contributed by atoms with Crippen molar-refractivity contribution in [2.45, 2.75) is 18.9 Å². The monoisotopic (exact) mass is 355 g/mol. The smallest absolute Gasteiger partial charge is 0.352 e. The van der Waals surface area contributed by atoms with Crippen molar-refractivity contribution < 1.29 is 9.90 Å². The highest BCUT2D eigenvalue weighted by Gasteiger charge is 2.28. The maximum absolute atomic E-state index is 12.0. The molecular weight excluding hydrogens is 345 g/mol. The summed E-state index contributed by atoms with van der Waals surface area (Å²) in [5, 5.41) is 9.82. The zero-order valence-electron chi connectivity index (χ0n) is 9.39. The summed E-state index contributed by atoms with van der Waals surface area (Å²) >= 11 is 2.15. The molecule has 1 aliphatic rings. The summed E-state index contributed by atoms with van der Waals surface area (Å²) in [6.45, 7) is 0. The number of halogens is 1. The first-order valence-corrected chi connectivity index (χ1v) is 6.74. The molecule has 0 amide bonds. The molecule has 4 nitrogen and oxygen atoms in total. The second-order valence-electron chi connectivity index (χ2n) is 4.46. The zero-order valence-corrected chi connectivity index (χ0v) is 11.5. The first kappa shape index (κ1) is 11.7. The van der Waals surface area contributed by atoms with Crippen LogP contribution in [0.3, 0.4) is 0 Å². The van der Waals surface area contributed by atoms with Crippen molar-refractivity contribution >= 4 is 39.5 Å². The number of nitrogens with zero attached hydrogens (tertiary/aromatic N) is 1. The lowest BCUT2D eigenvalue weighted by Crippen LogP contribution is -2.17. The van der Waals surface area contributed by atoms with Crippen molar-refractivity contribution in [1.29, 1.82) is 0 Å². The van der Waals surface area contributed by atoms with E-state index in [1.54, 1.807) is 4.57 Å². The lowest BCUT2D eigenvalue weighted by atomic mass is 10.1. The molecule has 0 atom stereocenters. The van der Waals surface area contributed by atoms with Crippen LogP contribution < -0.4 is 5.43 Å². The first-order valence-electron chi connectivity index (χ1n) is 5.66. The Balaban J connectivity index is 2.44. The van der Waals surface area contributed by atoms with E-state index in [0.717, 1.165) is 21.9 Å². The minimum Gasteiger partial charge on any atom is -0.477 e. The molecule has 1 N–H and O–H groups in total. The van der Waals surface area contributed by atoms with Crippen LogP contribution >= 0.6 is 22.6 Å². The number of benzene rings is 1. The molecule has 0 unspecified atom stereocenters. The summed E-state index contributed by atoms with van der Waals surface area (Å²) in [5.41, 5.74) is 0.594. The number of hydrogen-bond donors (Lipinski definition) is 1. The molecule has 1 aliphatic carbocycles. The highest BCUT2D eigenvalue weighted by molar-refractivity contribution is 14.1. The third kappa shape index (κ3) is 1.82. The number of carboxylic acids is 1. The van der Waals surface area contributed by atoms with Gasteiger partial charge in [-0.05, 0) is 53.6 Å². The molecule has 92 valence electrons. The summed E-state index contributed by atoms with van der Waals surface area (Å²) in [6.07, 6.45) is 1.95. The van der Waals surface area contributed by atoms with Gasteiger partial charge in [0.05, 0.1) is 5.52 Å². The summed E-state index contributed by atoms with van der Waals surface area (Å²) in [5.74, 6) is -1.04. The third-order valence-corrected chi connectivity index (χ3v) is 3.81. The molecule has 1 fully saturated rings. The Bertz CT molecular complexity index is 716. The molecule has 1 aromatic carbocycles. The van der Waals surface area contributed by atoms with Gasteiger partial charge in [0.25, 0.3) is 0 Å². The first-order chi connectivity index (χ1) is 8.58. The summed E-state index contributed by atoms with van der Waals surface area (Å²) in [4.78, 5) is 23.2. The van der Waals surface area contributed by atoms with Crippen LogP contribution in [-0.2, 0) is 0 Å². The minimum absolute atomic E-state index is 0.0937. The van der Waals surface area contributed by atoms with Gasteiger partial charge in [-0.1, -0.05) is 0 Å². The molecule has 3 rings (SSSR count). The number of aromatic nitrogens is 1. The van der Waals surface area contributed by atoms with Crippen LogP contribution in [-0.4, -0.2) is 15.6 Å². The van der Waals surface area contributed by atoms with Gasteiger partial charge in [0.1, 0.15) is 5.69 Å². The van der Waals surface area contributed by atoms with E-state index in [-0.39, 0.29) is 17.2 Å². The van der Waals surface area contributed by atoms with Crippen LogP contribution in [0, 0.1) is 3.57 Å². The Morgan fingerprint density at radius 2 is 2.06 bits per heavy atom. The van der Waals surface area contributed by atoms with E-state index in [1.807, 2.05) is 18.2 Å². The van der Waals surface area contributed by atoms with Crippen LogP contribution in [0.5, 0.6) is 0 Å². The van der Waals surface area contributed by atoms with Gasteiger partial charge in [0, 0.05) is 21.1 Å². The van der Waals surface area contributed by atoms with E-state index < -0.39 is 5.97 Å². The Morgan fingerprint density at radius 1 is 1.33 bits per heavy atom. The van der Waals surface area contributed by atoms with Crippen LogP contribution in [0.4, 0.5) is 0 Å². The van der Waals surface area contributed by atoms with Crippen LogP contribution in [0.2, 0.25) is 0 Å². The molecule has 0 aliphatic heterocycles. The fourth-order valence-electron chi connectivity index (χ4n) is 2.21. The van der Waals surface area contributed by atoms with Gasteiger partial charge >= 0.3 is 5.97 Å². The van der Waals surface area contributed by atoms with E-state index in [1.165, 1.54) is 6.07 Å². The van der Waals surface area contributed by atoms with Crippen molar-refractivity contribution in [1.82, 2.24) is 4.57 Å². The highest BCUT2D eigenvalue weighted by Crippen LogP contribution is 2.38. The number of carbonyl (C=O) groups is 1. The maximum Gasteiger partial charge on any atom is 0.352 e. The summed E-state index contributed by atoms with van der Waals surface area (Å²) < 4.78 is 2.76. The molecule has 0 radical (unpaired) electrons. The topological polar surface area (TPSA) is 59.3 Å². The van der Waals surface area contributed by atoms with E-state index in [2.05, 4.69) is 22.6 Å². The van der Waals surface area contributed by atoms with Crippen molar-refractivity contribution in [2.75, 3.05) is 0 Å². The molecule has 5 heteroatoms. The number of hydrogen-bond acceptors (Lipinski definition) is 2. The van der Waals surface area contributed by atoms with E-state index in [9.17, 15) is 14.7 Å².